The molecule has 0 spiro atoms. The highest BCUT2D eigenvalue weighted by Crippen LogP contribution is 2.27. The lowest BCUT2D eigenvalue weighted by Gasteiger charge is -2.33. The van der Waals surface area contributed by atoms with E-state index in [2.05, 4.69) is 0 Å². The van der Waals surface area contributed by atoms with Gasteiger partial charge < -0.3 is 20.5 Å². The molecule has 0 aromatic carbocycles. The number of likely N-dealkylation sites (tertiary alicyclic amines) is 1. The van der Waals surface area contributed by atoms with Crippen molar-refractivity contribution in [3.63, 3.8) is 0 Å². The maximum Gasteiger partial charge on any atom is 0.305 e. The number of hydrogen-bond acceptors (Lipinski definition) is 4. The molecule has 6 heteroatoms. The van der Waals surface area contributed by atoms with Crippen molar-refractivity contribution < 1.29 is 19.4 Å². The molecule has 1 aliphatic carbocycles. The monoisotopic (exact) mass is 284 g/mol. The Bertz CT molecular complexity index is 353. The van der Waals surface area contributed by atoms with Crippen LogP contribution >= 0.6 is 0 Å². The van der Waals surface area contributed by atoms with Gasteiger partial charge in [0.05, 0.1) is 19.1 Å². The van der Waals surface area contributed by atoms with Gasteiger partial charge in [0, 0.05) is 25.0 Å². The lowest BCUT2D eigenvalue weighted by molar-refractivity contribution is -0.139. The van der Waals surface area contributed by atoms with Crippen LogP contribution in [0.25, 0.3) is 0 Å². The Hall–Kier alpha value is -1.14. The zero-order valence-corrected chi connectivity index (χ0v) is 11.8. The Morgan fingerprint density at radius 2 is 1.90 bits per heavy atom. The number of carbonyl (C=O) groups is 2. The van der Waals surface area contributed by atoms with Crippen molar-refractivity contribution in [2.24, 2.45) is 11.7 Å². The van der Waals surface area contributed by atoms with Crippen molar-refractivity contribution in [1.29, 1.82) is 0 Å². The number of nitrogens with zero attached hydrogens (tertiary/aromatic N) is 1. The second-order valence-corrected chi connectivity index (χ2v) is 5.81. The van der Waals surface area contributed by atoms with Gasteiger partial charge >= 0.3 is 5.97 Å². The average Bonchev–Trinajstić information content (AvgIpc) is 2.85. The van der Waals surface area contributed by atoms with Crippen LogP contribution in [0.4, 0.5) is 0 Å². The summed E-state index contributed by atoms with van der Waals surface area (Å²) in [4.78, 5) is 24.6. The minimum absolute atomic E-state index is 0.0408. The van der Waals surface area contributed by atoms with E-state index in [9.17, 15) is 9.59 Å². The van der Waals surface area contributed by atoms with E-state index in [-0.39, 0.29) is 37.0 Å². The Morgan fingerprint density at radius 1 is 1.20 bits per heavy atom. The second kappa shape index (κ2) is 7.04. The molecular weight excluding hydrogens is 260 g/mol. The SMILES string of the molecule is NC1CCC(C(=O)N2CCC(OCCC(=O)O)CC2)C1. The van der Waals surface area contributed by atoms with E-state index < -0.39 is 5.97 Å². The Balaban J connectivity index is 1.68. The molecule has 114 valence electrons. The number of carboxylic acid groups (broad SMARTS) is 1. The standard InChI is InChI=1S/C14H24N2O4/c15-11-2-1-10(9-11)14(19)16-6-3-12(4-7-16)20-8-5-13(17)18/h10-12H,1-9,15H2,(H,17,18). The molecule has 0 bridgehead atoms. The van der Waals surface area contributed by atoms with Crippen molar-refractivity contribution in [1.82, 2.24) is 4.90 Å². The molecule has 1 saturated carbocycles. The van der Waals surface area contributed by atoms with E-state index in [4.69, 9.17) is 15.6 Å². The molecule has 2 atom stereocenters. The summed E-state index contributed by atoms with van der Waals surface area (Å²) >= 11 is 0. The topological polar surface area (TPSA) is 92.9 Å². The van der Waals surface area contributed by atoms with Gasteiger partial charge in [0.25, 0.3) is 0 Å². The highest BCUT2D eigenvalue weighted by atomic mass is 16.5. The molecule has 6 nitrogen and oxygen atoms in total. The number of aliphatic carboxylic acids is 1. The number of carboxylic acids is 1. The first-order valence-corrected chi connectivity index (χ1v) is 7.44. The Morgan fingerprint density at radius 3 is 2.45 bits per heavy atom. The van der Waals surface area contributed by atoms with Gasteiger partial charge in [0.2, 0.25) is 5.91 Å². The third-order valence-corrected chi connectivity index (χ3v) is 4.25. The van der Waals surface area contributed by atoms with Gasteiger partial charge in [-0.15, -0.1) is 0 Å². The lowest BCUT2D eigenvalue weighted by atomic mass is 10.0. The summed E-state index contributed by atoms with van der Waals surface area (Å²) in [5, 5.41) is 8.56. The zero-order chi connectivity index (χ0) is 14.5. The minimum Gasteiger partial charge on any atom is -0.481 e. The molecule has 1 heterocycles. The van der Waals surface area contributed by atoms with E-state index in [1.165, 1.54) is 0 Å². The molecule has 1 aliphatic heterocycles. The molecule has 1 amide bonds. The smallest absolute Gasteiger partial charge is 0.305 e. The summed E-state index contributed by atoms with van der Waals surface area (Å²) in [7, 11) is 0. The Labute approximate surface area is 119 Å². The van der Waals surface area contributed by atoms with Gasteiger partial charge in [-0.1, -0.05) is 0 Å². The molecule has 0 radical (unpaired) electrons. The molecule has 0 aromatic rings. The third-order valence-electron chi connectivity index (χ3n) is 4.25. The van der Waals surface area contributed by atoms with Gasteiger partial charge in [-0.2, -0.15) is 0 Å². The van der Waals surface area contributed by atoms with Crippen molar-refractivity contribution in [2.45, 2.75) is 50.7 Å². The summed E-state index contributed by atoms with van der Waals surface area (Å²) in [6, 6.07) is 0.181. The molecule has 2 unspecified atom stereocenters. The van der Waals surface area contributed by atoms with Crippen LogP contribution in [0, 0.1) is 5.92 Å². The number of nitrogens with two attached hydrogens (primary N) is 1. The van der Waals surface area contributed by atoms with Gasteiger partial charge in [-0.25, -0.2) is 0 Å². The largest absolute Gasteiger partial charge is 0.481 e. The first-order chi connectivity index (χ1) is 9.56. The first-order valence-electron chi connectivity index (χ1n) is 7.44. The van der Waals surface area contributed by atoms with E-state index in [0.29, 0.717) is 13.1 Å². The molecular formula is C14H24N2O4. The van der Waals surface area contributed by atoms with E-state index in [0.717, 1.165) is 32.1 Å². The van der Waals surface area contributed by atoms with Gasteiger partial charge in [0.1, 0.15) is 0 Å². The summed E-state index contributed by atoms with van der Waals surface area (Å²) in [5.41, 5.74) is 5.86. The summed E-state index contributed by atoms with van der Waals surface area (Å²) in [6.07, 6.45) is 4.39. The summed E-state index contributed by atoms with van der Waals surface area (Å²) in [6.45, 7) is 1.68. The van der Waals surface area contributed by atoms with Crippen LogP contribution in [0.2, 0.25) is 0 Å². The number of rotatable bonds is 5. The molecule has 1 saturated heterocycles. The van der Waals surface area contributed by atoms with Crippen LogP contribution in [0.15, 0.2) is 0 Å². The highest BCUT2D eigenvalue weighted by molar-refractivity contribution is 5.79. The number of carbonyl (C=O) groups excluding carboxylic acids is 1. The average molecular weight is 284 g/mol. The highest BCUT2D eigenvalue weighted by Gasteiger charge is 2.32. The van der Waals surface area contributed by atoms with Crippen LogP contribution in [0.1, 0.15) is 38.5 Å². The number of piperidine rings is 1. The van der Waals surface area contributed by atoms with Crippen LogP contribution in [-0.2, 0) is 14.3 Å². The van der Waals surface area contributed by atoms with Crippen LogP contribution in [-0.4, -0.2) is 53.7 Å². The van der Waals surface area contributed by atoms with Gasteiger partial charge in [-0.05, 0) is 32.1 Å². The van der Waals surface area contributed by atoms with Crippen LogP contribution in [0.5, 0.6) is 0 Å². The summed E-state index contributed by atoms with van der Waals surface area (Å²) in [5.74, 6) is -0.494. The van der Waals surface area contributed by atoms with Gasteiger partial charge in [-0.3, -0.25) is 9.59 Å². The van der Waals surface area contributed by atoms with Crippen LogP contribution in [0.3, 0.4) is 0 Å². The Kier molecular flexibility index (Phi) is 5.37. The fourth-order valence-corrected chi connectivity index (χ4v) is 3.05. The fraction of sp³-hybridized carbons (Fsp3) is 0.857. The summed E-state index contributed by atoms with van der Waals surface area (Å²) < 4.78 is 5.53. The second-order valence-electron chi connectivity index (χ2n) is 5.81. The van der Waals surface area contributed by atoms with E-state index in [1.807, 2.05) is 4.90 Å². The number of hydrogen-bond donors (Lipinski definition) is 2. The maximum atomic E-state index is 12.3. The van der Waals surface area contributed by atoms with Crippen molar-refractivity contribution >= 4 is 11.9 Å². The third kappa shape index (κ3) is 4.18. The first kappa shape index (κ1) is 15.3. The predicted molar refractivity (Wildman–Crippen MR) is 73.1 cm³/mol. The molecule has 0 aromatic heterocycles. The van der Waals surface area contributed by atoms with E-state index in [1.54, 1.807) is 0 Å². The fourth-order valence-electron chi connectivity index (χ4n) is 3.05. The van der Waals surface area contributed by atoms with E-state index >= 15 is 0 Å². The minimum atomic E-state index is -0.838. The molecule has 3 N–H and O–H groups in total. The maximum absolute atomic E-state index is 12.3. The van der Waals surface area contributed by atoms with Crippen molar-refractivity contribution in [3.8, 4) is 0 Å². The number of ether oxygens (including phenoxy) is 1. The molecule has 2 fully saturated rings. The molecule has 2 rings (SSSR count). The molecule has 20 heavy (non-hydrogen) atoms. The lowest BCUT2D eigenvalue weighted by Crippen LogP contribution is -2.43. The van der Waals surface area contributed by atoms with Crippen molar-refractivity contribution in [2.75, 3.05) is 19.7 Å². The van der Waals surface area contributed by atoms with Crippen LogP contribution < -0.4 is 5.73 Å². The van der Waals surface area contributed by atoms with Gasteiger partial charge in [0.15, 0.2) is 0 Å². The predicted octanol–water partition coefficient (Wildman–Crippen LogP) is 0.596. The normalized spacial score (nSPS) is 27.8. The quantitative estimate of drug-likeness (QED) is 0.771. The molecule has 2 aliphatic rings. The van der Waals surface area contributed by atoms with Crippen molar-refractivity contribution in [3.05, 3.63) is 0 Å². The zero-order valence-electron chi connectivity index (χ0n) is 11.8. The number of amides is 1.